The molecule has 2 aliphatic heterocycles. The molecular weight excluding hydrogens is 492 g/mol. The highest BCUT2D eigenvalue weighted by Crippen LogP contribution is 2.41. The first kappa shape index (κ1) is 26.7. The molecule has 3 aromatic rings. The Morgan fingerprint density at radius 3 is 2.38 bits per heavy atom. The average molecular weight is 527 g/mol. The number of carbonyl (C=O) groups excluding carboxylic acids is 1. The number of likely N-dealkylation sites (tertiary alicyclic amines) is 1. The lowest BCUT2D eigenvalue weighted by Crippen LogP contribution is -2.57. The molecule has 0 N–H and O–H groups in total. The number of aromatic nitrogens is 1. The number of nitrogens with zero attached hydrogens (tertiary/aromatic N) is 4. The predicted molar refractivity (Wildman–Crippen MR) is 148 cm³/mol. The van der Waals surface area contributed by atoms with Crippen LogP contribution in [0.5, 0.6) is 5.75 Å². The summed E-state index contributed by atoms with van der Waals surface area (Å²) in [6.45, 7) is 2.20. The van der Waals surface area contributed by atoms with Crippen molar-refractivity contribution in [2.75, 3.05) is 52.4 Å². The van der Waals surface area contributed by atoms with E-state index in [9.17, 15) is 10.1 Å². The van der Waals surface area contributed by atoms with Crippen molar-refractivity contribution in [3.8, 4) is 11.8 Å². The van der Waals surface area contributed by atoms with Crippen molar-refractivity contribution < 1.29 is 19.0 Å². The molecule has 2 aromatic carbocycles. The fraction of sp³-hybridized carbons (Fsp3) is 0.387. The van der Waals surface area contributed by atoms with Crippen molar-refractivity contribution in [1.29, 1.82) is 5.26 Å². The van der Waals surface area contributed by atoms with Crippen molar-refractivity contribution in [3.05, 3.63) is 89.6 Å². The number of rotatable bonds is 7. The average Bonchev–Trinajstić information content (AvgIpc) is 3.46. The van der Waals surface area contributed by atoms with E-state index >= 15 is 0 Å². The molecule has 0 spiro atoms. The first-order chi connectivity index (χ1) is 19.0. The van der Waals surface area contributed by atoms with Crippen LogP contribution in [0.3, 0.4) is 0 Å². The van der Waals surface area contributed by atoms with Crippen LogP contribution >= 0.6 is 0 Å². The summed E-state index contributed by atoms with van der Waals surface area (Å²) in [6.07, 6.45) is 1.91. The van der Waals surface area contributed by atoms with Crippen molar-refractivity contribution in [3.63, 3.8) is 0 Å². The highest BCUT2D eigenvalue weighted by Gasteiger charge is 2.49. The molecule has 2 fully saturated rings. The Bertz CT molecular complexity index is 1310. The minimum Gasteiger partial charge on any atom is -0.497 e. The second kappa shape index (κ2) is 11.4. The molecule has 4 atom stereocenters. The van der Waals surface area contributed by atoms with E-state index in [-0.39, 0.29) is 23.8 Å². The molecule has 0 radical (unpaired) electrons. The molecule has 5 rings (SSSR count). The number of benzene rings is 2. The van der Waals surface area contributed by atoms with Crippen LogP contribution in [-0.4, -0.2) is 69.4 Å². The minimum atomic E-state index is -0.615. The van der Waals surface area contributed by atoms with Crippen LogP contribution in [0, 0.1) is 17.2 Å². The fourth-order valence-electron chi connectivity index (χ4n) is 6.07. The standard InChI is InChI=1S/C31H34N4O4/c1-37-25-12-10-23(11-13-25)26-19-35(29-14-9-22(17-32)18-33-29)20-27(26)30(36)34-16-15-31(39-3,28(21-34)38-2)24-7-5-4-6-8-24/h4-14,18,26-28H,15-16,19-21H2,1-3H3/t26-,27+,28-,31-/m0/s1. The maximum Gasteiger partial charge on any atom is 0.228 e. The first-order valence-electron chi connectivity index (χ1n) is 13.2. The lowest BCUT2D eigenvalue weighted by atomic mass is 9.80. The van der Waals surface area contributed by atoms with Crippen molar-refractivity contribution in [2.24, 2.45) is 5.92 Å². The Balaban J connectivity index is 1.41. The minimum absolute atomic E-state index is 0.0231. The lowest BCUT2D eigenvalue weighted by molar-refractivity contribution is -0.170. The summed E-state index contributed by atoms with van der Waals surface area (Å²) in [5.74, 6) is 1.36. The molecule has 0 saturated carbocycles. The lowest BCUT2D eigenvalue weighted by Gasteiger charge is -2.47. The smallest absolute Gasteiger partial charge is 0.228 e. The molecule has 0 aliphatic carbocycles. The third-order valence-corrected chi connectivity index (χ3v) is 8.26. The zero-order valence-electron chi connectivity index (χ0n) is 22.6. The van der Waals surface area contributed by atoms with E-state index < -0.39 is 5.60 Å². The summed E-state index contributed by atoms with van der Waals surface area (Å²) in [5.41, 5.74) is 2.04. The number of carbonyl (C=O) groups is 1. The third kappa shape index (κ3) is 5.08. The van der Waals surface area contributed by atoms with Crippen LogP contribution in [0.2, 0.25) is 0 Å². The van der Waals surface area contributed by atoms with Crippen LogP contribution < -0.4 is 9.64 Å². The van der Waals surface area contributed by atoms with E-state index in [2.05, 4.69) is 28.1 Å². The van der Waals surface area contributed by atoms with E-state index in [4.69, 9.17) is 14.2 Å². The van der Waals surface area contributed by atoms with Gasteiger partial charge in [-0.2, -0.15) is 5.26 Å². The van der Waals surface area contributed by atoms with Gasteiger partial charge in [-0.1, -0.05) is 42.5 Å². The number of methoxy groups -OCH3 is 3. The van der Waals surface area contributed by atoms with Gasteiger partial charge in [-0.15, -0.1) is 0 Å². The van der Waals surface area contributed by atoms with Crippen LogP contribution in [-0.2, 0) is 19.9 Å². The van der Waals surface area contributed by atoms with E-state index in [1.54, 1.807) is 33.6 Å². The molecule has 202 valence electrons. The molecule has 1 amide bonds. The molecule has 8 nitrogen and oxygen atoms in total. The van der Waals surface area contributed by atoms with Crippen LogP contribution in [0.4, 0.5) is 5.82 Å². The molecule has 39 heavy (non-hydrogen) atoms. The molecule has 2 aliphatic rings. The summed E-state index contributed by atoms with van der Waals surface area (Å²) in [6, 6.07) is 23.8. The molecule has 0 bridgehead atoms. The number of nitriles is 1. The quantitative estimate of drug-likeness (QED) is 0.460. The number of anilines is 1. The van der Waals surface area contributed by atoms with E-state index in [1.165, 1.54) is 0 Å². The zero-order valence-corrected chi connectivity index (χ0v) is 22.6. The highest BCUT2D eigenvalue weighted by atomic mass is 16.5. The number of amides is 1. The fourth-order valence-corrected chi connectivity index (χ4v) is 6.07. The van der Waals surface area contributed by atoms with Crippen LogP contribution in [0.15, 0.2) is 72.9 Å². The Labute approximate surface area is 229 Å². The van der Waals surface area contributed by atoms with Crippen molar-refractivity contribution in [2.45, 2.75) is 24.0 Å². The third-order valence-electron chi connectivity index (χ3n) is 8.26. The Morgan fingerprint density at radius 2 is 1.77 bits per heavy atom. The summed E-state index contributed by atoms with van der Waals surface area (Å²) in [5, 5.41) is 9.17. The van der Waals surface area contributed by atoms with E-state index in [0.29, 0.717) is 38.2 Å². The van der Waals surface area contributed by atoms with Crippen LogP contribution in [0.25, 0.3) is 0 Å². The summed E-state index contributed by atoms with van der Waals surface area (Å²) in [7, 11) is 5.05. The second-order valence-electron chi connectivity index (χ2n) is 10.1. The summed E-state index contributed by atoms with van der Waals surface area (Å²) >= 11 is 0. The summed E-state index contributed by atoms with van der Waals surface area (Å²) in [4.78, 5) is 22.8. The van der Waals surface area contributed by atoms with E-state index in [0.717, 1.165) is 22.7 Å². The topological polar surface area (TPSA) is 87.9 Å². The van der Waals surface area contributed by atoms with Gasteiger partial charge in [0, 0.05) is 52.4 Å². The monoisotopic (exact) mass is 526 g/mol. The van der Waals surface area contributed by atoms with Gasteiger partial charge < -0.3 is 24.0 Å². The van der Waals surface area contributed by atoms with Crippen molar-refractivity contribution in [1.82, 2.24) is 9.88 Å². The summed E-state index contributed by atoms with van der Waals surface area (Å²) < 4.78 is 17.4. The number of hydrogen-bond acceptors (Lipinski definition) is 7. The Morgan fingerprint density at radius 1 is 1.00 bits per heavy atom. The molecule has 1 aromatic heterocycles. The van der Waals surface area contributed by atoms with Gasteiger partial charge in [0.05, 0.1) is 25.1 Å². The second-order valence-corrected chi connectivity index (χ2v) is 10.1. The van der Waals surface area contributed by atoms with Gasteiger partial charge in [-0.25, -0.2) is 4.98 Å². The number of hydrogen-bond donors (Lipinski definition) is 0. The molecule has 3 heterocycles. The highest BCUT2D eigenvalue weighted by molar-refractivity contribution is 5.82. The normalized spacial score (nSPS) is 24.8. The van der Waals surface area contributed by atoms with Gasteiger partial charge >= 0.3 is 0 Å². The molecular formula is C31H34N4O4. The molecule has 8 heteroatoms. The van der Waals surface area contributed by atoms with Gasteiger partial charge in [0.15, 0.2) is 0 Å². The van der Waals surface area contributed by atoms with Gasteiger partial charge in [-0.05, 0) is 35.4 Å². The number of piperidine rings is 1. The van der Waals surface area contributed by atoms with Gasteiger partial charge in [-0.3, -0.25) is 4.79 Å². The van der Waals surface area contributed by atoms with Gasteiger partial charge in [0.2, 0.25) is 5.91 Å². The van der Waals surface area contributed by atoms with E-state index in [1.807, 2.05) is 53.4 Å². The first-order valence-corrected chi connectivity index (χ1v) is 13.2. The maximum absolute atomic E-state index is 14.2. The molecule has 0 unspecified atom stereocenters. The Hall–Kier alpha value is -3.93. The van der Waals surface area contributed by atoms with Crippen LogP contribution in [0.1, 0.15) is 29.0 Å². The number of pyridine rings is 1. The largest absolute Gasteiger partial charge is 0.497 e. The zero-order chi connectivity index (χ0) is 27.4. The predicted octanol–water partition coefficient (Wildman–Crippen LogP) is 3.97. The molecule has 2 saturated heterocycles. The SMILES string of the molecule is COc1ccc([C@@H]2CN(c3ccc(C#N)cn3)C[C@H]2C(=O)N2CC[C@](OC)(c3ccccc3)[C@@H](OC)C2)cc1. The Kier molecular flexibility index (Phi) is 7.82. The van der Waals surface area contributed by atoms with Gasteiger partial charge in [0.1, 0.15) is 29.3 Å². The van der Waals surface area contributed by atoms with Gasteiger partial charge in [0.25, 0.3) is 0 Å². The number of ether oxygens (including phenoxy) is 3. The maximum atomic E-state index is 14.2. The van der Waals surface area contributed by atoms with Crippen molar-refractivity contribution >= 4 is 11.7 Å².